The molecule has 30 heavy (non-hydrogen) atoms. The molecule has 1 aromatic carbocycles. The van der Waals surface area contributed by atoms with Crippen molar-refractivity contribution in [3.8, 4) is 0 Å². The van der Waals surface area contributed by atoms with Crippen LogP contribution < -0.4 is 0 Å². The highest BCUT2D eigenvalue weighted by Gasteiger charge is 2.27. The van der Waals surface area contributed by atoms with Gasteiger partial charge in [0.2, 0.25) is 0 Å². The second-order valence-electron chi connectivity index (χ2n) is 9.20. The smallest absolute Gasteiger partial charge is 0.330 e. The molecule has 0 N–H and O–H groups in total. The fourth-order valence-electron chi connectivity index (χ4n) is 5.23. The van der Waals surface area contributed by atoms with Gasteiger partial charge in [-0.3, -0.25) is 0 Å². The Morgan fingerprint density at radius 2 is 1.77 bits per heavy atom. The van der Waals surface area contributed by atoms with Gasteiger partial charge in [0.25, 0.3) is 0 Å². The predicted molar refractivity (Wildman–Crippen MR) is 128 cm³/mol. The lowest BCUT2D eigenvalue weighted by molar-refractivity contribution is -0.134. The summed E-state index contributed by atoms with van der Waals surface area (Å²) in [6, 6.07) is 11.3. The first kappa shape index (κ1) is 24.7. The van der Waals surface area contributed by atoms with Crippen molar-refractivity contribution < 1.29 is 9.53 Å². The Hall–Kier alpha value is -1.57. The molecule has 1 saturated carbocycles. The fraction of sp³-hybridized carbons (Fsp3) is 0.679. The van der Waals surface area contributed by atoms with Crippen LogP contribution in [0.25, 0.3) is 0 Å². The van der Waals surface area contributed by atoms with Crippen molar-refractivity contribution in [2.75, 3.05) is 7.11 Å². The number of hydrogen-bond acceptors (Lipinski definition) is 2. The molecule has 1 aromatic rings. The third-order valence-electron chi connectivity index (χ3n) is 7.03. The van der Waals surface area contributed by atoms with E-state index in [9.17, 15) is 4.79 Å². The second kappa shape index (κ2) is 15.3. The molecule has 1 fully saturated rings. The number of rotatable bonds is 15. The average molecular weight is 413 g/mol. The molecule has 0 aliphatic heterocycles. The lowest BCUT2D eigenvalue weighted by Gasteiger charge is -2.23. The highest BCUT2D eigenvalue weighted by atomic mass is 16.5. The van der Waals surface area contributed by atoms with Crippen molar-refractivity contribution in [3.05, 3.63) is 48.0 Å². The van der Waals surface area contributed by atoms with Crippen LogP contribution in [0.15, 0.2) is 42.5 Å². The van der Waals surface area contributed by atoms with E-state index in [1.807, 2.05) is 6.08 Å². The van der Waals surface area contributed by atoms with Crippen LogP contribution in [0.1, 0.15) is 108 Å². The van der Waals surface area contributed by atoms with Gasteiger partial charge in [-0.05, 0) is 55.4 Å². The summed E-state index contributed by atoms with van der Waals surface area (Å²) in [4.78, 5) is 11.1. The first-order valence-electron chi connectivity index (χ1n) is 12.5. The van der Waals surface area contributed by atoms with E-state index < -0.39 is 0 Å². The van der Waals surface area contributed by atoms with Crippen molar-refractivity contribution in [2.24, 2.45) is 11.8 Å². The van der Waals surface area contributed by atoms with Gasteiger partial charge in [0, 0.05) is 6.08 Å². The van der Waals surface area contributed by atoms with Crippen LogP contribution in [-0.4, -0.2) is 13.1 Å². The number of allylic oxidation sites excluding steroid dienone is 1. The van der Waals surface area contributed by atoms with Gasteiger partial charge >= 0.3 is 5.97 Å². The summed E-state index contributed by atoms with van der Waals surface area (Å²) in [7, 11) is 1.43. The maximum absolute atomic E-state index is 11.1. The molecule has 0 saturated heterocycles. The Bertz CT molecular complexity index is 592. The Labute approximate surface area is 185 Å². The van der Waals surface area contributed by atoms with E-state index >= 15 is 0 Å². The minimum Gasteiger partial charge on any atom is -0.466 e. The molecule has 0 aromatic heterocycles. The van der Waals surface area contributed by atoms with Crippen LogP contribution in [-0.2, 0) is 9.53 Å². The number of hydrogen-bond donors (Lipinski definition) is 0. The SMILES string of the molecule is CCCCCCC(CC[C@H]1CCC[C@@H]1CCCCC=CC(=O)OC)c1ccccc1. The van der Waals surface area contributed by atoms with Gasteiger partial charge in [-0.1, -0.05) is 101 Å². The number of ether oxygens (including phenoxy) is 1. The van der Waals surface area contributed by atoms with Crippen LogP contribution in [0.2, 0.25) is 0 Å². The van der Waals surface area contributed by atoms with E-state index in [4.69, 9.17) is 0 Å². The third-order valence-corrected chi connectivity index (χ3v) is 7.03. The Morgan fingerprint density at radius 1 is 1.00 bits per heavy atom. The molecule has 1 unspecified atom stereocenters. The van der Waals surface area contributed by atoms with Gasteiger partial charge in [0.1, 0.15) is 0 Å². The van der Waals surface area contributed by atoms with Crippen molar-refractivity contribution in [1.29, 1.82) is 0 Å². The molecule has 0 amide bonds. The van der Waals surface area contributed by atoms with Gasteiger partial charge in [0.15, 0.2) is 0 Å². The molecule has 168 valence electrons. The summed E-state index contributed by atoms with van der Waals surface area (Å²) in [6.07, 6.45) is 22.2. The van der Waals surface area contributed by atoms with E-state index in [2.05, 4.69) is 42.0 Å². The highest BCUT2D eigenvalue weighted by Crippen LogP contribution is 2.40. The topological polar surface area (TPSA) is 26.3 Å². The maximum Gasteiger partial charge on any atom is 0.330 e. The van der Waals surface area contributed by atoms with Crippen molar-refractivity contribution in [3.63, 3.8) is 0 Å². The quantitative estimate of drug-likeness (QED) is 0.165. The second-order valence-corrected chi connectivity index (χ2v) is 9.20. The zero-order valence-electron chi connectivity index (χ0n) is 19.5. The first-order chi connectivity index (χ1) is 14.7. The normalized spacial score (nSPS) is 19.9. The highest BCUT2D eigenvalue weighted by molar-refractivity contribution is 5.81. The molecular formula is C28H44O2. The Morgan fingerprint density at radius 3 is 2.50 bits per heavy atom. The molecular weight excluding hydrogens is 368 g/mol. The summed E-state index contributed by atoms with van der Waals surface area (Å²) in [5.41, 5.74) is 1.56. The zero-order chi connectivity index (χ0) is 21.4. The zero-order valence-corrected chi connectivity index (χ0v) is 19.5. The minimum absolute atomic E-state index is 0.242. The summed E-state index contributed by atoms with van der Waals surface area (Å²) in [5, 5.41) is 0. The summed E-state index contributed by atoms with van der Waals surface area (Å²) in [6.45, 7) is 2.30. The summed E-state index contributed by atoms with van der Waals surface area (Å²) >= 11 is 0. The number of carbonyl (C=O) groups is 1. The number of esters is 1. The first-order valence-corrected chi connectivity index (χ1v) is 12.5. The van der Waals surface area contributed by atoms with Crippen molar-refractivity contribution in [1.82, 2.24) is 0 Å². The molecule has 2 heteroatoms. The third kappa shape index (κ3) is 9.49. The van der Waals surface area contributed by atoms with Crippen LogP contribution in [0.5, 0.6) is 0 Å². The fourth-order valence-corrected chi connectivity index (χ4v) is 5.23. The lowest BCUT2D eigenvalue weighted by Crippen LogP contribution is -2.10. The minimum atomic E-state index is -0.242. The molecule has 0 radical (unpaired) electrons. The summed E-state index contributed by atoms with van der Waals surface area (Å²) < 4.78 is 4.64. The van der Waals surface area contributed by atoms with Gasteiger partial charge in [-0.25, -0.2) is 4.79 Å². The van der Waals surface area contributed by atoms with Crippen LogP contribution >= 0.6 is 0 Å². The molecule has 1 aliphatic carbocycles. The maximum atomic E-state index is 11.1. The van der Waals surface area contributed by atoms with E-state index in [0.717, 1.165) is 24.2 Å². The average Bonchev–Trinajstić information content (AvgIpc) is 3.23. The van der Waals surface area contributed by atoms with Crippen LogP contribution in [0.4, 0.5) is 0 Å². The Kier molecular flexibility index (Phi) is 12.6. The van der Waals surface area contributed by atoms with Gasteiger partial charge < -0.3 is 4.74 Å². The van der Waals surface area contributed by atoms with Crippen LogP contribution in [0.3, 0.4) is 0 Å². The van der Waals surface area contributed by atoms with Gasteiger partial charge in [0.05, 0.1) is 7.11 Å². The van der Waals surface area contributed by atoms with Crippen molar-refractivity contribution in [2.45, 2.75) is 103 Å². The molecule has 2 nitrogen and oxygen atoms in total. The van der Waals surface area contributed by atoms with E-state index in [-0.39, 0.29) is 5.97 Å². The molecule has 0 spiro atoms. The molecule has 2 rings (SSSR count). The van der Waals surface area contributed by atoms with Gasteiger partial charge in [-0.2, -0.15) is 0 Å². The number of unbranched alkanes of at least 4 members (excludes halogenated alkanes) is 5. The van der Waals surface area contributed by atoms with Gasteiger partial charge in [-0.15, -0.1) is 0 Å². The molecule has 3 atom stereocenters. The van der Waals surface area contributed by atoms with E-state index in [0.29, 0.717) is 0 Å². The van der Waals surface area contributed by atoms with Crippen LogP contribution in [0, 0.1) is 11.8 Å². The Balaban J connectivity index is 1.75. The van der Waals surface area contributed by atoms with E-state index in [1.54, 1.807) is 11.6 Å². The standard InChI is InChI=1S/C28H44O2/c1-3-4-5-9-18-26(24-16-11-8-12-17-24)22-23-27-20-14-19-25(27)15-10-6-7-13-21-28(29)30-2/h8,11-13,16-17,21,25-27H,3-7,9-10,14-15,18-20,22-23H2,1-2H3/t25-,26?,27+/m0/s1. The molecule has 1 aliphatic rings. The number of methoxy groups -OCH3 is 1. The molecule has 0 heterocycles. The summed E-state index contributed by atoms with van der Waals surface area (Å²) in [5.74, 6) is 2.35. The number of carbonyl (C=O) groups excluding carboxylic acids is 1. The van der Waals surface area contributed by atoms with Crippen molar-refractivity contribution >= 4 is 5.97 Å². The largest absolute Gasteiger partial charge is 0.466 e. The van der Waals surface area contributed by atoms with E-state index in [1.165, 1.54) is 90.6 Å². The lowest BCUT2D eigenvalue weighted by atomic mass is 9.82. The molecule has 0 bridgehead atoms. The predicted octanol–water partition coefficient (Wildman–Crippen LogP) is 8.23. The monoisotopic (exact) mass is 412 g/mol. The number of benzene rings is 1.